The number of Topliss-reactive ketones (excluding diaryl/α,β-unsaturated/α-hetero) is 1. The molecule has 1 amide bonds. The molecule has 2 bridgehead atoms. The number of fused-ring (bicyclic) bond motifs is 5. The largest absolute Gasteiger partial charge is 0.456 e. The third-order valence-corrected chi connectivity index (χ3v) is 13.4. The highest BCUT2D eigenvalue weighted by Crippen LogP contribution is 2.63. The maximum atomic E-state index is 15.0. The lowest BCUT2D eigenvalue weighted by atomic mass is 9.44. The van der Waals surface area contributed by atoms with Gasteiger partial charge in [0.15, 0.2) is 11.9 Å². The maximum Gasteiger partial charge on any atom is 0.338 e. The molecule has 11 unspecified atom stereocenters. The van der Waals surface area contributed by atoms with Crippen molar-refractivity contribution in [1.29, 1.82) is 0 Å². The number of rotatable bonds is 10. The van der Waals surface area contributed by atoms with Crippen molar-refractivity contribution in [3.63, 3.8) is 0 Å². The number of amides is 1. The standard InChI is InChI=1S/C45H51NO12/c1-25-29(57-41(51)35(55-6)33(26-16-10-7-11-17-26)46-39(49)27-18-12-8-13-19-27)23-45(53)38(58-40(50)28-20-14-9-15-21-28)36-43(4,37(48)34(47)32(25)42(45,2)3)30(54-5)22-31-44(36,52)24-56-31/h7-21,29-31,33-36,38,47,52-53H,22-24H2,1-6H3,(H,46,49). The second-order valence-corrected chi connectivity index (χ2v) is 16.6. The van der Waals surface area contributed by atoms with Gasteiger partial charge in [0.1, 0.15) is 29.5 Å². The Labute approximate surface area is 337 Å². The van der Waals surface area contributed by atoms with Gasteiger partial charge in [0.2, 0.25) is 0 Å². The molecular formula is C45H51NO12. The van der Waals surface area contributed by atoms with E-state index in [0.29, 0.717) is 16.7 Å². The summed E-state index contributed by atoms with van der Waals surface area (Å²) in [4.78, 5) is 57.1. The van der Waals surface area contributed by atoms with Crippen LogP contribution in [0.4, 0.5) is 0 Å². The Morgan fingerprint density at radius 2 is 1.45 bits per heavy atom. The van der Waals surface area contributed by atoms with Crippen LogP contribution in [-0.2, 0) is 33.3 Å². The second-order valence-electron chi connectivity index (χ2n) is 16.6. The van der Waals surface area contributed by atoms with Gasteiger partial charge in [0.05, 0.1) is 35.8 Å². The first-order valence-corrected chi connectivity index (χ1v) is 19.5. The minimum Gasteiger partial charge on any atom is -0.456 e. The summed E-state index contributed by atoms with van der Waals surface area (Å²) < 4.78 is 30.1. The van der Waals surface area contributed by atoms with E-state index in [1.165, 1.54) is 14.2 Å². The molecule has 3 aromatic carbocycles. The second kappa shape index (κ2) is 15.4. The molecule has 13 heteroatoms. The highest BCUT2D eigenvalue weighted by molar-refractivity contribution is 5.95. The number of hydrogen-bond acceptors (Lipinski definition) is 12. The van der Waals surface area contributed by atoms with Crippen LogP contribution in [0.2, 0.25) is 0 Å². The Hall–Kier alpha value is -4.76. The summed E-state index contributed by atoms with van der Waals surface area (Å²) in [6, 6.07) is 24.3. The van der Waals surface area contributed by atoms with Crippen LogP contribution in [0.3, 0.4) is 0 Å². The van der Waals surface area contributed by atoms with Crippen LogP contribution in [0, 0.1) is 16.7 Å². The van der Waals surface area contributed by atoms with E-state index in [4.69, 9.17) is 23.7 Å². The molecule has 4 N–H and O–H groups in total. The molecule has 1 saturated heterocycles. The molecule has 308 valence electrons. The van der Waals surface area contributed by atoms with Gasteiger partial charge in [-0.2, -0.15) is 0 Å². The van der Waals surface area contributed by atoms with Gasteiger partial charge in [-0.15, -0.1) is 0 Å². The number of aliphatic hydroxyl groups is 3. The molecule has 0 aromatic heterocycles. The first-order valence-electron chi connectivity index (χ1n) is 19.5. The SMILES string of the molecule is COC(C(=O)OC1CC2(O)C(OC(=O)c3ccccc3)C3C4(O)COC4CC(OC)C3(C)C(=O)C(O)C(=C1C)C2(C)C)C(NC(=O)c1ccccc1)c1ccccc1. The molecule has 11 atom stereocenters. The Morgan fingerprint density at radius 3 is 2.00 bits per heavy atom. The Morgan fingerprint density at radius 1 is 0.862 bits per heavy atom. The molecule has 7 rings (SSSR count). The first kappa shape index (κ1) is 41.4. The van der Waals surface area contributed by atoms with Crippen LogP contribution in [-0.4, -0.2) is 108 Å². The number of benzene rings is 3. The quantitative estimate of drug-likeness (QED) is 0.172. The zero-order valence-corrected chi connectivity index (χ0v) is 33.4. The monoisotopic (exact) mass is 797 g/mol. The number of ketones is 1. The zero-order chi connectivity index (χ0) is 41.8. The van der Waals surface area contributed by atoms with E-state index in [9.17, 15) is 29.7 Å². The molecule has 3 aliphatic carbocycles. The molecule has 4 aliphatic rings. The number of esters is 2. The average molecular weight is 798 g/mol. The zero-order valence-electron chi connectivity index (χ0n) is 33.4. The molecule has 1 aliphatic heterocycles. The molecule has 58 heavy (non-hydrogen) atoms. The third kappa shape index (κ3) is 6.48. The van der Waals surface area contributed by atoms with E-state index in [1.54, 1.807) is 119 Å². The topological polar surface area (TPSA) is 187 Å². The number of methoxy groups -OCH3 is 2. The number of ether oxygens (including phenoxy) is 5. The van der Waals surface area contributed by atoms with Crippen molar-refractivity contribution in [3.05, 3.63) is 119 Å². The summed E-state index contributed by atoms with van der Waals surface area (Å²) >= 11 is 0. The van der Waals surface area contributed by atoms with Crippen molar-refractivity contribution in [3.8, 4) is 0 Å². The Balaban J connectivity index is 1.34. The van der Waals surface area contributed by atoms with Crippen LogP contribution < -0.4 is 5.32 Å². The fourth-order valence-corrected chi connectivity index (χ4v) is 10.1. The third-order valence-electron chi connectivity index (χ3n) is 13.4. The number of nitrogens with one attached hydrogen (secondary N) is 1. The van der Waals surface area contributed by atoms with E-state index >= 15 is 4.79 Å². The van der Waals surface area contributed by atoms with Gasteiger partial charge in [-0.3, -0.25) is 9.59 Å². The molecule has 3 aromatic rings. The smallest absolute Gasteiger partial charge is 0.338 e. The van der Waals surface area contributed by atoms with E-state index < -0.39 is 94.2 Å². The summed E-state index contributed by atoms with van der Waals surface area (Å²) in [5.74, 6) is -4.30. The average Bonchev–Trinajstić information content (AvgIpc) is 3.21. The van der Waals surface area contributed by atoms with E-state index in [1.807, 2.05) is 0 Å². The molecule has 2 saturated carbocycles. The molecular weight excluding hydrogens is 746 g/mol. The fraction of sp³-hybridized carbons (Fsp3) is 0.467. The lowest BCUT2D eigenvalue weighted by Gasteiger charge is -2.67. The summed E-state index contributed by atoms with van der Waals surface area (Å²) in [7, 11) is 2.72. The first-order chi connectivity index (χ1) is 27.5. The summed E-state index contributed by atoms with van der Waals surface area (Å²) in [5, 5.41) is 41.1. The van der Waals surface area contributed by atoms with Gasteiger partial charge in [0, 0.05) is 44.0 Å². The van der Waals surface area contributed by atoms with Gasteiger partial charge in [-0.05, 0) is 54.8 Å². The van der Waals surface area contributed by atoms with Crippen molar-refractivity contribution in [2.45, 2.75) is 94.4 Å². The van der Waals surface area contributed by atoms with Gasteiger partial charge >= 0.3 is 11.9 Å². The van der Waals surface area contributed by atoms with Gasteiger partial charge in [-0.25, -0.2) is 9.59 Å². The van der Waals surface area contributed by atoms with Gasteiger partial charge in [0.25, 0.3) is 5.91 Å². The lowest BCUT2D eigenvalue weighted by molar-refractivity contribution is -0.345. The van der Waals surface area contributed by atoms with Crippen LogP contribution in [0.5, 0.6) is 0 Å². The predicted molar refractivity (Wildman–Crippen MR) is 208 cm³/mol. The maximum absolute atomic E-state index is 15.0. The molecule has 1 heterocycles. The number of aliphatic hydroxyl groups excluding tert-OH is 1. The van der Waals surface area contributed by atoms with Crippen molar-refractivity contribution in [2.75, 3.05) is 20.8 Å². The van der Waals surface area contributed by atoms with E-state index in [2.05, 4.69) is 5.32 Å². The van der Waals surface area contributed by atoms with Crippen LogP contribution in [0.1, 0.15) is 72.9 Å². The number of carbonyl (C=O) groups excluding carboxylic acids is 4. The van der Waals surface area contributed by atoms with E-state index in [0.717, 1.165) is 0 Å². The number of hydrogen-bond donors (Lipinski definition) is 4. The summed E-state index contributed by atoms with van der Waals surface area (Å²) in [6.07, 6.45) is -8.29. The van der Waals surface area contributed by atoms with Crippen molar-refractivity contribution in [1.82, 2.24) is 5.32 Å². The Bertz CT molecular complexity index is 2070. The normalized spacial score (nSPS) is 33.5. The minimum atomic E-state index is -2.21. The van der Waals surface area contributed by atoms with Crippen LogP contribution >= 0.6 is 0 Å². The molecule has 13 nitrogen and oxygen atoms in total. The molecule has 0 radical (unpaired) electrons. The lowest BCUT2D eigenvalue weighted by Crippen LogP contribution is -2.81. The van der Waals surface area contributed by atoms with Crippen molar-refractivity contribution >= 4 is 23.6 Å². The van der Waals surface area contributed by atoms with Crippen LogP contribution in [0.15, 0.2) is 102 Å². The highest BCUT2D eigenvalue weighted by atomic mass is 16.6. The van der Waals surface area contributed by atoms with E-state index in [-0.39, 0.29) is 30.6 Å². The predicted octanol–water partition coefficient (Wildman–Crippen LogP) is 3.90. The highest BCUT2D eigenvalue weighted by Gasteiger charge is 2.76. The minimum absolute atomic E-state index is 0.0734. The van der Waals surface area contributed by atoms with Crippen molar-refractivity contribution < 1.29 is 58.2 Å². The van der Waals surface area contributed by atoms with Crippen LogP contribution in [0.25, 0.3) is 0 Å². The van der Waals surface area contributed by atoms with Gasteiger partial charge in [-0.1, -0.05) is 80.6 Å². The summed E-state index contributed by atoms with van der Waals surface area (Å²) in [5.41, 5.74) is -5.82. The van der Waals surface area contributed by atoms with Gasteiger partial charge < -0.3 is 44.3 Å². The number of carbonyl (C=O) groups is 4. The molecule has 0 spiro atoms. The fourth-order valence-electron chi connectivity index (χ4n) is 10.1. The Kier molecular flexibility index (Phi) is 11.0. The molecule has 3 fully saturated rings. The summed E-state index contributed by atoms with van der Waals surface area (Å²) in [6.45, 7) is 6.20. The van der Waals surface area contributed by atoms with Crippen molar-refractivity contribution in [2.24, 2.45) is 16.7 Å².